The van der Waals surface area contributed by atoms with Crippen LogP contribution in [0.3, 0.4) is 0 Å². The van der Waals surface area contributed by atoms with E-state index in [1.165, 1.54) is 6.26 Å². The summed E-state index contributed by atoms with van der Waals surface area (Å²) in [4.78, 5) is 14.4. The molecular weight excluding hydrogens is 336 g/mol. The minimum atomic E-state index is -0.640. The van der Waals surface area contributed by atoms with Gasteiger partial charge in [-0.2, -0.15) is 5.10 Å². The maximum atomic E-state index is 12.6. The van der Waals surface area contributed by atoms with Gasteiger partial charge in [0, 0.05) is 44.0 Å². The minimum absolute atomic E-state index is 0.115. The molecule has 2 aliphatic heterocycles. The highest BCUT2D eigenvalue weighted by atomic mass is 16.5. The molecule has 2 aliphatic rings. The van der Waals surface area contributed by atoms with Crippen LogP contribution >= 0.6 is 0 Å². The Bertz CT molecular complexity index is 817. The van der Waals surface area contributed by atoms with Crippen molar-refractivity contribution < 1.29 is 19.2 Å². The Morgan fingerprint density at radius 1 is 1.38 bits per heavy atom. The van der Waals surface area contributed by atoms with Gasteiger partial charge in [0.25, 0.3) is 5.91 Å². The van der Waals surface area contributed by atoms with E-state index in [9.17, 15) is 9.90 Å². The van der Waals surface area contributed by atoms with E-state index in [4.69, 9.17) is 9.26 Å². The second kappa shape index (κ2) is 6.12. The van der Waals surface area contributed by atoms with Crippen molar-refractivity contribution in [1.29, 1.82) is 0 Å². The topological polar surface area (TPSA) is 93.6 Å². The lowest BCUT2D eigenvalue weighted by Crippen LogP contribution is -2.51. The predicted octanol–water partition coefficient (Wildman–Crippen LogP) is 2.25. The third-order valence-electron chi connectivity index (χ3n) is 5.37. The highest BCUT2D eigenvalue weighted by Crippen LogP contribution is 2.44. The second-order valence-corrected chi connectivity index (χ2v) is 7.60. The smallest absolute Gasteiger partial charge is 0.276 e. The Morgan fingerprint density at radius 2 is 2.12 bits per heavy atom. The zero-order chi connectivity index (χ0) is 18.5. The fourth-order valence-electron chi connectivity index (χ4n) is 3.75. The first-order chi connectivity index (χ1) is 12.4. The van der Waals surface area contributed by atoms with Crippen LogP contribution in [0.2, 0.25) is 0 Å². The molecule has 0 aromatic carbocycles. The van der Waals surface area contributed by atoms with Crippen molar-refractivity contribution in [3.63, 3.8) is 0 Å². The number of aliphatic hydroxyl groups excluding tert-OH is 1. The fraction of sp³-hybridized carbons (Fsp3) is 0.611. The maximum Gasteiger partial charge on any atom is 0.276 e. The van der Waals surface area contributed by atoms with Crippen LogP contribution in [0.1, 0.15) is 67.0 Å². The second-order valence-electron chi connectivity index (χ2n) is 7.60. The summed E-state index contributed by atoms with van der Waals surface area (Å²) in [6.45, 7) is 7.01. The van der Waals surface area contributed by atoms with Crippen molar-refractivity contribution in [3.8, 4) is 5.75 Å². The molecule has 140 valence electrons. The van der Waals surface area contributed by atoms with Crippen molar-refractivity contribution in [2.75, 3.05) is 13.1 Å². The van der Waals surface area contributed by atoms with Gasteiger partial charge in [-0.1, -0.05) is 5.16 Å². The molecule has 2 aromatic rings. The summed E-state index contributed by atoms with van der Waals surface area (Å²) in [7, 11) is 0. The quantitative estimate of drug-likeness (QED) is 0.883. The predicted molar refractivity (Wildman–Crippen MR) is 91.9 cm³/mol. The van der Waals surface area contributed by atoms with Gasteiger partial charge in [-0.3, -0.25) is 9.48 Å². The van der Waals surface area contributed by atoms with E-state index in [0.29, 0.717) is 49.5 Å². The zero-order valence-electron chi connectivity index (χ0n) is 15.3. The molecular formula is C18H24N4O4. The van der Waals surface area contributed by atoms with Crippen molar-refractivity contribution >= 4 is 5.91 Å². The number of fused-ring (bicyclic) bond motifs is 1. The molecule has 26 heavy (non-hydrogen) atoms. The van der Waals surface area contributed by atoms with Crippen LogP contribution in [0.25, 0.3) is 0 Å². The van der Waals surface area contributed by atoms with Crippen molar-refractivity contribution in [2.45, 2.75) is 57.8 Å². The van der Waals surface area contributed by atoms with Crippen LogP contribution in [0.4, 0.5) is 0 Å². The summed E-state index contributed by atoms with van der Waals surface area (Å²) in [6.07, 6.45) is 4.53. The number of hydrogen-bond acceptors (Lipinski definition) is 6. The minimum Gasteiger partial charge on any atom is -0.483 e. The lowest BCUT2D eigenvalue weighted by Gasteiger charge is -2.44. The van der Waals surface area contributed by atoms with Crippen LogP contribution in [-0.4, -0.2) is 49.5 Å². The van der Waals surface area contributed by atoms with Gasteiger partial charge in [-0.05, 0) is 20.8 Å². The van der Waals surface area contributed by atoms with Crippen LogP contribution in [-0.2, 0) is 0 Å². The van der Waals surface area contributed by atoms with E-state index >= 15 is 0 Å². The van der Waals surface area contributed by atoms with Crippen molar-refractivity contribution in [2.24, 2.45) is 0 Å². The van der Waals surface area contributed by atoms with Gasteiger partial charge < -0.3 is 19.3 Å². The van der Waals surface area contributed by atoms with Gasteiger partial charge in [0.1, 0.15) is 23.7 Å². The molecule has 0 aliphatic carbocycles. The zero-order valence-corrected chi connectivity index (χ0v) is 15.3. The number of carbonyl (C=O) groups excluding carboxylic acids is 1. The Kier molecular flexibility index (Phi) is 4.02. The molecule has 1 unspecified atom stereocenters. The largest absolute Gasteiger partial charge is 0.483 e. The van der Waals surface area contributed by atoms with Crippen molar-refractivity contribution in [1.82, 2.24) is 19.8 Å². The molecule has 1 spiro atoms. The van der Waals surface area contributed by atoms with E-state index in [2.05, 4.69) is 10.3 Å². The number of likely N-dealkylation sites (tertiary alicyclic amines) is 1. The molecule has 1 N–H and O–H groups in total. The first-order valence-electron chi connectivity index (χ1n) is 9.05. The van der Waals surface area contributed by atoms with E-state index in [0.717, 1.165) is 5.56 Å². The molecule has 4 heterocycles. The van der Waals surface area contributed by atoms with E-state index in [-0.39, 0.29) is 11.9 Å². The van der Waals surface area contributed by atoms with Crippen LogP contribution < -0.4 is 4.74 Å². The average Bonchev–Trinajstić information content (AvgIpc) is 3.21. The molecule has 8 nitrogen and oxygen atoms in total. The van der Waals surface area contributed by atoms with Crippen LogP contribution in [0.15, 0.2) is 17.0 Å². The molecule has 0 radical (unpaired) electrons. The Hall–Kier alpha value is -2.35. The molecule has 1 atom stereocenters. The standard InChI is InChI=1S/C18H24N4O4/c1-11(2)22-9-14-16(19-22)13(23)8-18(26-14)4-6-21(7-5-18)17(24)15-12(3)10-25-20-15/h9-11,13,23H,4-8H2,1-3H3. The van der Waals surface area contributed by atoms with Gasteiger partial charge in [0.05, 0.1) is 6.20 Å². The summed E-state index contributed by atoms with van der Waals surface area (Å²) in [5.74, 6) is 0.542. The number of piperidine rings is 1. The SMILES string of the molecule is Cc1conc1C(=O)N1CCC2(CC1)CC(O)c1nn(C(C)C)cc1O2. The number of ether oxygens (including phenoxy) is 1. The molecule has 8 heteroatoms. The first kappa shape index (κ1) is 17.1. The van der Waals surface area contributed by atoms with Crippen LogP contribution in [0.5, 0.6) is 5.75 Å². The number of aromatic nitrogens is 3. The number of carbonyl (C=O) groups is 1. The third-order valence-corrected chi connectivity index (χ3v) is 5.37. The Balaban J connectivity index is 1.48. The van der Waals surface area contributed by atoms with E-state index in [1.54, 1.807) is 4.90 Å². The Morgan fingerprint density at radius 3 is 2.73 bits per heavy atom. The molecule has 0 bridgehead atoms. The van der Waals surface area contributed by atoms with E-state index in [1.807, 2.05) is 31.6 Å². The van der Waals surface area contributed by atoms with Gasteiger partial charge in [0.15, 0.2) is 11.4 Å². The fourth-order valence-corrected chi connectivity index (χ4v) is 3.75. The van der Waals surface area contributed by atoms with Gasteiger partial charge >= 0.3 is 0 Å². The summed E-state index contributed by atoms with van der Waals surface area (Å²) < 4.78 is 13.0. The number of aryl methyl sites for hydroxylation is 1. The molecule has 1 fully saturated rings. The average molecular weight is 360 g/mol. The summed E-state index contributed by atoms with van der Waals surface area (Å²) in [6, 6.07) is 0.206. The number of aliphatic hydroxyl groups is 1. The van der Waals surface area contributed by atoms with Gasteiger partial charge in [-0.15, -0.1) is 0 Å². The highest BCUT2D eigenvalue weighted by molar-refractivity contribution is 5.93. The number of nitrogens with zero attached hydrogens (tertiary/aromatic N) is 4. The first-order valence-corrected chi connectivity index (χ1v) is 9.05. The molecule has 2 aromatic heterocycles. The summed E-state index contributed by atoms with van der Waals surface area (Å²) >= 11 is 0. The van der Waals surface area contributed by atoms with Gasteiger partial charge in [0.2, 0.25) is 0 Å². The van der Waals surface area contributed by atoms with E-state index < -0.39 is 11.7 Å². The normalized spacial score (nSPS) is 21.7. The molecule has 0 saturated carbocycles. The summed E-state index contributed by atoms with van der Waals surface area (Å²) in [5, 5.41) is 18.8. The highest BCUT2D eigenvalue weighted by Gasteiger charge is 2.45. The lowest BCUT2D eigenvalue weighted by molar-refractivity contribution is -0.0505. The molecule has 1 saturated heterocycles. The number of hydrogen-bond donors (Lipinski definition) is 1. The van der Waals surface area contributed by atoms with Crippen LogP contribution in [0, 0.1) is 6.92 Å². The molecule has 1 amide bonds. The Labute approximate surface area is 151 Å². The van der Waals surface area contributed by atoms with Crippen molar-refractivity contribution in [3.05, 3.63) is 29.4 Å². The molecule has 4 rings (SSSR count). The summed E-state index contributed by atoms with van der Waals surface area (Å²) in [5.41, 5.74) is 1.27. The monoisotopic (exact) mass is 360 g/mol. The maximum absolute atomic E-state index is 12.6. The number of rotatable bonds is 2. The third kappa shape index (κ3) is 2.78. The van der Waals surface area contributed by atoms with Gasteiger partial charge in [-0.25, -0.2) is 0 Å². The number of amides is 1. The lowest BCUT2D eigenvalue weighted by atomic mass is 9.83.